The first-order valence-electron chi connectivity index (χ1n) is 2.19. The summed E-state index contributed by atoms with van der Waals surface area (Å²) in [6, 6.07) is 0. The molecule has 0 unspecified atom stereocenters. The first-order valence-corrected chi connectivity index (χ1v) is 2.19. The zero-order valence-corrected chi connectivity index (χ0v) is 4.70. The highest BCUT2D eigenvalue weighted by Gasteiger charge is 1.97. The van der Waals surface area contributed by atoms with Crippen LogP contribution in [0.15, 0.2) is 12.7 Å². The van der Waals surface area contributed by atoms with Gasteiger partial charge in [-0.05, 0) is 0 Å². The van der Waals surface area contributed by atoms with Gasteiger partial charge in [0.15, 0.2) is 0 Å². The Bertz CT molecular complexity index is 118. The molecule has 0 heterocycles. The summed E-state index contributed by atoms with van der Waals surface area (Å²) >= 11 is 0. The van der Waals surface area contributed by atoms with Crippen molar-refractivity contribution in [3.8, 4) is 0 Å². The second-order valence-electron chi connectivity index (χ2n) is 1.06. The zero-order valence-electron chi connectivity index (χ0n) is 4.70. The van der Waals surface area contributed by atoms with Crippen molar-refractivity contribution in [3.05, 3.63) is 12.7 Å². The minimum absolute atomic E-state index is 0.00538. The summed E-state index contributed by atoms with van der Waals surface area (Å²) in [6.07, 6.45) is 0.358. The van der Waals surface area contributed by atoms with Crippen molar-refractivity contribution in [1.82, 2.24) is 0 Å². The van der Waals surface area contributed by atoms with Crippen LogP contribution in [-0.4, -0.2) is 19.2 Å². The van der Waals surface area contributed by atoms with Crippen molar-refractivity contribution in [2.24, 2.45) is 0 Å². The van der Waals surface area contributed by atoms with Gasteiger partial charge >= 0.3 is 12.6 Å². The second-order valence-corrected chi connectivity index (χ2v) is 1.06. The van der Waals surface area contributed by atoms with Crippen molar-refractivity contribution in [2.75, 3.05) is 6.61 Å². The molecule has 0 aliphatic carbocycles. The lowest BCUT2D eigenvalue weighted by atomic mass is 10.7. The summed E-state index contributed by atoms with van der Waals surface area (Å²) in [4.78, 5) is 19.5. The van der Waals surface area contributed by atoms with Crippen LogP contribution < -0.4 is 0 Å². The average Bonchev–Trinajstić information content (AvgIpc) is 1.85. The Balaban J connectivity index is 3.26. The molecule has 0 aromatic carbocycles. The van der Waals surface area contributed by atoms with Gasteiger partial charge < -0.3 is 9.47 Å². The van der Waals surface area contributed by atoms with E-state index >= 15 is 0 Å². The van der Waals surface area contributed by atoms with Gasteiger partial charge in [-0.3, -0.25) is 4.79 Å². The van der Waals surface area contributed by atoms with E-state index in [2.05, 4.69) is 16.1 Å². The van der Waals surface area contributed by atoms with Crippen molar-refractivity contribution >= 4 is 12.6 Å². The third-order valence-electron chi connectivity index (χ3n) is 0.463. The van der Waals surface area contributed by atoms with Gasteiger partial charge in [0, 0.05) is 0 Å². The van der Waals surface area contributed by atoms with Crippen LogP contribution in [0.3, 0.4) is 0 Å². The third-order valence-corrected chi connectivity index (χ3v) is 0.463. The summed E-state index contributed by atoms with van der Waals surface area (Å²) in [5, 5.41) is 0. The van der Waals surface area contributed by atoms with E-state index in [4.69, 9.17) is 0 Å². The Morgan fingerprint density at radius 2 is 2.33 bits per heavy atom. The van der Waals surface area contributed by atoms with Crippen molar-refractivity contribution in [3.63, 3.8) is 0 Å². The molecule has 0 rings (SSSR count). The molecule has 0 spiro atoms. The van der Waals surface area contributed by atoms with Crippen LogP contribution in [0.2, 0.25) is 0 Å². The maximum Gasteiger partial charge on any atom is 0.516 e. The molecule has 0 saturated carbocycles. The lowest BCUT2D eigenvalue weighted by molar-refractivity contribution is -0.125. The monoisotopic (exact) mass is 130 g/mol. The summed E-state index contributed by atoms with van der Waals surface area (Å²) in [5.41, 5.74) is 0. The normalized spacial score (nSPS) is 7.56. The van der Waals surface area contributed by atoms with Crippen LogP contribution in [-0.2, 0) is 14.3 Å². The summed E-state index contributed by atoms with van der Waals surface area (Å²) in [7, 11) is 0. The molecule has 0 bridgehead atoms. The molecule has 4 nitrogen and oxygen atoms in total. The van der Waals surface area contributed by atoms with E-state index in [1.54, 1.807) is 0 Å². The van der Waals surface area contributed by atoms with Gasteiger partial charge in [-0.1, -0.05) is 12.7 Å². The Morgan fingerprint density at radius 3 is 2.78 bits per heavy atom. The Kier molecular flexibility index (Phi) is 4.12. The Morgan fingerprint density at radius 1 is 1.67 bits per heavy atom. The molecule has 0 fully saturated rings. The predicted molar refractivity (Wildman–Crippen MR) is 28.7 cm³/mol. The molecular formula is C5H6O4. The van der Waals surface area contributed by atoms with Crippen molar-refractivity contribution in [2.45, 2.75) is 0 Å². The minimum atomic E-state index is -1.01. The quantitative estimate of drug-likeness (QED) is 0.241. The maximum atomic E-state index is 10.1. The van der Waals surface area contributed by atoms with Crippen molar-refractivity contribution in [1.29, 1.82) is 0 Å². The van der Waals surface area contributed by atoms with Crippen LogP contribution in [0.4, 0.5) is 4.79 Å². The molecule has 0 aromatic rings. The lowest BCUT2D eigenvalue weighted by Gasteiger charge is -1.94. The fourth-order valence-corrected chi connectivity index (χ4v) is 0.200. The molecule has 0 radical (unpaired) electrons. The fraction of sp³-hybridized carbons (Fsp3) is 0.200. The minimum Gasteiger partial charge on any atom is -0.430 e. The number of rotatable bonds is 3. The largest absolute Gasteiger partial charge is 0.516 e. The maximum absolute atomic E-state index is 10.1. The van der Waals surface area contributed by atoms with E-state index in [-0.39, 0.29) is 13.1 Å². The lowest BCUT2D eigenvalue weighted by Crippen LogP contribution is -2.05. The van der Waals surface area contributed by atoms with E-state index in [0.717, 1.165) is 0 Å². The summed E-state index contributed by atoms with van der Waals surface area (Å²) in [6.45, 7) is 3.33. The molecule has 0 N–H and O–H groups in total. The molecule has 0 atom stereocenters. The van der Waals surface area contributed by atoms with Crippen LogP contribution in [0.1, 0.15) is 0 Å². The SMILES string of the molecule is C=CCOC(=O)OC=O. The van der Waals surface area contributed by atoms with Crippen LogP contribution in [0, 0.1) is 0 Å². The zero-order chi connectivity index (χ0) is 7.11. The smallest absolute Gasteiger partial charge is 0.430 e. The first kappa shape index (κ1) is 7.68. The van der Waals surface area contributed by atoms with Gasteiger partial charge in [0.05, 0.1) is 0 Å². The van der Waals surface area contributed by atoms with Gasteiger partial charge in [0.1, 0.15) is 6.61 Å². The highest BCUT2D eigenvalue weighted by atomic mass is 16.7. The van der Waals surface area contributed by atoms with Crippen LogP contribution in [0.5, 0.6) is 0 Å². The van der Waals surface area contributed by atoms with Gasteiger partial charge in [-0.15, -0.1) is 0 Å². The standard InChI is InChI=1S/C5H6O4/c1-2-3-8-5(7)9-4-6/h2,4H,1,3H2. The van der Waals surface area contributed by atoms with E-state index < -0.39 is 6.16 Å². The predicted octanol–water partition coefficient (Wildman–Crippen LogP) is 0.482. The van der Waals surface area contributed by atoms with Crippen LogP contribution in [0.25, 0.3) is 0 Å². The van der Waals surface area contributed by atoms with E-state index in [1.807, 2.05) is 0 Å². The molecule has 0 saturated heterocycles. The molecular weight excluding hydrogens is 124 g/mol. The van der Waals surface area contributed by atoms with Crippen LogP contribution >= 0.6 is 0 Å². The molecule has 0 aromatic heterocycles. The van der Waals surface area contributed by atoms with Crippen molar-refractivity contribution < 1.29 is 19.1 Å². The fourth-order valence-electron chi connectivity index (χ4n) is 0.200. The molecule has 50 valence electrons. The third kappa shape index (κ3) is 4.53. The highest BCUT2D eigenvalue weighted by molar-refractivity contribution is 5.69. The number of carbonyl (C=O) groups excluding carboxylic acids is 2. The number of hydrogen-bond donors (Lipinski definition) is 0. The summed E-state index contributed by atoms with van der Waals surface area (Å²) in [5.74, 6) is 0. The van der Waals surface area contributed by atoms with Gasteiger partial charge in [-0.2, -0.15) is 0 Å². The van der Waals surface area contributed by atoms with Gasteiger partial charge in [0.25, 0.3) is 0 Å². The Hall–Kier alpha value is -1.32. The van der Waals surface area contributed by atoms with E-state index in [0.29, 0.717) is 0 Å². The number of ether oxygens (including phenoxy) is 2. The Labute approximate surface area is 52.1 Å². The topological polar surface area (TPSA) is 52.6 Å². The average molecular weight is 130 g/mol. The summed E-state index contributed by atoms with van der Waals surface area (Å²) < 4.78 is 7.98. The van der Waals surface area contributed by atoms with Gasteiger partial charge in [-0.25, -0.2) is 4.79 Å². The number of hydrogen-bond acceptors (Lipinski definition) is 4. The number of carbonyl (C=O) groups is 2. The molecule has 0 aliphatic heterocycles. The second kappa shape index (κ2) is 4.83. The molecule has 0 amide bonds. The van der Waals surface area contributed by atoms with Gasteiger partial charge in [0.2, 0.25) is 0 Å². The first-order chi connectivity index (χ1) is 4.31. The molecule has 0 aliphatic rings. The molecule has 9 heavy (non-hydrogen) atoms. The van der Waals surface area contributed by atoms with E-state index in [9.17, 15) is 9.59 Å². The highest BCUT2D eigenvalue weighted by Crippen LogP contribution is 1.80. The molecule has 4 heteroatoms. The van der Waals surface area contributed by atoms with E-state index in [1.165, 1.54) is 6.08 Å².